The Balaban J connectivity index is 1.93. The minimum absolute atomic E-state index is 0.119. The number of benzene rings is 2. The van der Waals surface area contributed by atoms with Gasteiger partial charge in [-0.1, -0.05) is 59.7 Å². The molecule has 0 aliphatic heterocycles. The Morgan fingerprint density at radius 3 is 1.94 bits per heavy atom. The van der Waals surface area contributed by atoms with Gasteiger partial charge in [-0.2, -0.15) is 0 Å². The molecule has 0 saturated heterocycles. The zero-order valence-corrected chi connectivity index (χ0v) is 11.0. The molecule has 2 nitrogen and oxygen atoms in total. The summed E-state index contributed by atoms with van der Waals surface area (Å²) in [5.41, 5.74) is 11.0. The number of aryl methyl sites for hydroxylation is 2. The van der Waals surface area contributed by atoms with E-state index < -0.39 is 0 Å². The third-order valence-electron chi connectivity index (χ3n) is 3.08. The van der Waals surface area contributed by atoms with E-state index in [2.05, 4.69) is 67.7 Å². The van der Waals surface area contributed by atoms with Gasteiger partial charge in [0.05, 0.1) is 6.17 Å². The smallest absolute Gasteiger partial charge is 0.0812 e. The monoisotopic (exact) mass is 240 g/mol. The van der Waals surface area contributed by atoms with E-state index in [1.165, 1.54) is 16.7 Å². The van der Waals surface area contributed by atoms with Crippen molar-refractivity contribution in [3.63, 3.8) is 0 Å². The van der Waals surface area contributed by atoms with Crippen LogP contribution in [0.5, 0.6) is 0 Å². The molecule has 2 heteroatoms. The first kappa shape index (κ1) is 12.8. The SMILES string of the molecule is Cc1ccc(CNC(N)c2ccc(C)cc2)cc1. The van der Waals surface area contributed by atoms with E-state index in [1.54, 1.807) is 0 Å². The molecule has 0 fully saturated rings. The van der Waals surface area contributed by atoms with Gasteiger partial charge in [-0.3, -0.25) is 5.32 Å². The van der Waals surface area contributed by atoms with Crippen molar-refractivity contribution in [2.24, 2.45) is 5.73 Å². The number of hydrogen-bond donors (Lipinski definition) is 2. The van der Waals surface area contributed by atoms with Gasteiger partial charge >= 0.3 is 0 Å². The van der Waals surface area contributed by atoms with Crippen LogP contribution in [0.4, 0.5) is 0 Å². The van der Waals surface area contributed by atoms with Crippen molar-refractivity contribution in [1.82, 2.24) is 5.32 Å². The summed E-state index contributed by atoms with van der Waals surface area (Å²) in [6.45, 7) is 4.96. The van der Waals surface area contributed by atoms with Crippen LogP contribution in [0.1, 0.15) is 28.4 Å². The molecule has 2 aromatic carbocycles. The second kappa shape index (κ2) is 5.80. The number of nitrogens with one attached hydrogen (secondary N) is 1. The maximum absolute atomic E-state index is 6.11. The maximum Gasteiger partial charge on any atom is 0.0812 e. The predicted molar refractivity (Wildman–Crippen MR) is 76.1 cm³/mol. The lowest BCUT2D eigenvalue weighted by atomic mass is 10.1. The fourth-order valence-corrected chi connectivity index (χ4v) is 1.83. The van der Waals surface area contributed by atoms with E-state index in [1.807, 2.05) is 0 Å². The largest absolute Gasteiger partial charge is 0.312 e. The van der Waals surface area contributed by atoms with Crippen LogP contribution in [0.15, 0.2) is 48.5 Å². The first-order valence-electron chi connectivity index (χ1n) is 6.26. The second-order valence-electron chi connectivity index (χ2n) is 4.75. The van der Waals surface area contributed by atoms with Crippen LogP contribution in [-0.4, -0.2) is 0 Å². The summed E-state index contributed by atoms with van der Waals surface area (Å²) >= 11 is 0. The summed E-state index contributed by atoms with van der Waals surface area (Å²) in [5.74, 6) is 0. The Bertz CT molecular complexity index is 486. The topological polar surface area (TPSA) is 38.0 Å². The molecule has 0 saturated carbocycles. The van der Waals surface area contributed by atoms with E-state index >= 15 is 0 Å². The molecule has 94 valence electrons. The molecule has 0 spiro atoms. The lowest BCUT2D eigenvalue weighted by Crippen LogP contribution is -2.28. The fraction of sp³-hybridized carbons (Fsp3) is 0.250. The molecule has 18 heavy (non-hydrogen) atoms. The summed E-state index contributed by atoms with van der Waals surface area (Å²) in [5, 5.41) is 3.33. The summed E-state index contributed by atoms with van der Waals surface area (Å²) in [7, 11) is 0. The number of hydrogen-bond acceptors (Lipinski definition) is 2. The van der Waals surface area contributed by atoms with Gasteiger partial charge in [-0.25, -0.2) is 0 Å². The summed E-state index contributed by atoms with van der Waals surface area (Å²) in [6, 6.07) is 16.8. The van der Waals surface area contributed by atoms with Crippen molar-refractivity contribution in [2.75, 3.05) is 0 Å². The van der Waals surface area contributed by atoms with Crippen molar-refractivity contribution < 1.29 is 0 Å². The summed E-state index contributed by atoms with van der Waals surface area (Å²) in [4.78, 5) is 0. The molecule has 0 aliphatic carbocycles. The first-order chi connectivity index (χ1) is 8.65. The quantitative estimate of drug-likeness (QED) is 0.806. The van der Waals surface area contributed by atoms with Gasteiger partial charge in [0.25, 0.3) is 0 Å². The fourth-order valence-electron chi connectivity index (χ4n) is 1.83. The molecule has 0 heterocycles. The first-order valence-corrected chi connectivity index (χ1v) is 6.26. The molecular formula is C16H20N2. The third kappa shape index (κ3) is 3.42. The van der Waals surface area contributed by atoms with Crippen LogP contribution < -0.4 is 11.1 Å². The molecule has 2 rings (SSSR count). The molecule has 0 bridgehead atoms. The summed E-state index contributed by atoms with van der Waals surface area (Å²) < 4.78 is 0. The molecule has 1 unspecified atom stereocenters. The van der Waals surface area contributed by atoms with E-state index in [9.17, 15) is 0 Å². The van der Waals surface area contributed by atoms with Crippen LogP contribution in [0.3, 0.4) is 0 Å². The number of nitrogens with two attached hydrogens (primary N) is 1. The Hall–Kier alpha value is -1.64. The highest BCUT2D eigenvalue weighted by Crippen LogP contribution is 2.10. The van der Waals surface area contributed by atoms with Crippen LogP contribution in [-0.2, 0) is 6.54 Å². The standard InChI is InChI=1S/C16H20N2/c1-12-3-7-14(8-4-12)11-18-16(17)15-9-5-13(2)6-10-15/h3-10,16,18H,11,17H2,1-2H3. The molecule has 1 atom stereocenters. The molecule has 2 aromatic rings. The van der Waals surface area contributed by atoms with Gasteiger partial charge in [0.1, 0.15) is 0 Å². The van der Waals surface area contributed by atoms with E-state index in [0.29, 0.717) is 0 Å². The van der Waals surface area contributed by atoms with E-state index in [4.69, 9.17) is 5.73 Å². The maximum atomic E-state index is 6.11. The Morgan fingerprint density at radius 1 is 0.889 bits per heavy atom. The average molecular weight is 240 g/mol. The van der Waals surface area contributed by atoms with Gasteiger partial charge in [0, 0.05) is 6.54 Å². The van der Waals surface area contributed by atoms with Gasteiger partial charge in [-0.15, -0.1) is 0 Å². The highest BCUT2D eigenvalue weighted by atomic mass is 15.0. The highest BCUT2D eigenvalue weighted by molar-refractivity contribution is 5.24. The third-order valence-corrected chi connectivity index (χ3v) is 3.08. The lowest BCUT2D eigenvalue weighted by Gasteiger charge is -2.14. The Morgan fingerprint density at radius 2 is 1.39 bits per heavy atom. The Kier molecular flexibility index (Phi) is 4.13. The van der Waals surface area contributed by atoms with Gasteiger partial charge in [-0.05, 0) is 25.0 Å². The van der Waals surface area contributed by atoms with Crippen LogP contribution >= 0.6 is 0 Å². The van der Waals surface area contributed by atoms with Crippen molar-refractivity contribution in [2.45, 2.75) is 26.6 Å². The van der Waals surface area contributed by atoms with Crippen LogP contribution in [0.25, 0.3) is 0 Å². The van der Waals surface area contributed by atoms with Crippen molar-refractivity contribution >= 4 is 0 Å². The minimum Gasteiger partial charge on any atom is -0.312 e. The van der Waals surface area contributed by atoms with Crippen LogP contribution in [0.2, 0.25) is 0 Å². The van der Waals surface area contributed by atoms with Gasteiger partial charge in [0.2, 0.25) is 0 Å². The van der Waals surface area contributed by atoms with Gasteiger partial charge in [0.15, 0.2) is 0 Å². The zero-order valence-electron chi connectivity index (χ0n) is 11.0. The van der Waals surface area contributed by atoms with Crippen molar-refractivity contribution in [1.29, 1.82) is 0 Å². The molecule has 0 aromatic heterocycles. The molecule has 0 amide bonds. The normalized spacial score (nSPS) is 12.4. The molecule has 0 radical (unpaired) electrons. The van der Waals surface area contributed by atoms with Crippen molar-refractivity contribution in [3.05, 3.63) is 70.8 Å². The van der Waals surface area contributed by atoms with E-state index in [0.717, 1.165) is 12.1 Å². The predicted octanol–water partition coefficient (Wildman–Crippen LogP) is 3.05. The van der Waals surface area contributed by atoms with Crippen LogP contribution in [0, 0.1) is 13.8 Å². The minimum atomic E-state index is -0.119. The highest BCUT2D eigenvalue weighted by Gasteiger charge is 2.04. The van der Waals surface area contributed by atoms with Gasteiger partial charge < -0.3 is 5.73 Å². The number of rotatable bonds is 4. The molecule has 0 aliphatic rings. The molecule has 3 N–H and O–H groups in total. The zero-order chi connectivity index (χ0) is 13.0. The average Bonchev–Trinajstić information content (AvgIpc) is 2.38. The lowest BCUT2D eigenvalue weighted by molar-refractivity contribution is 0.552. The second-order valence-corrected chi connectivity index (χ2v) is 4.75. The Labute approximate surface area is 109 Å². The summed E-state index contributed by atoms with van der Waals surface area (Å²) in [6.07, 6.45) is -0.119. The van der Waals surface area contributed by atoms with E-state index in [-0.39, 0.29) is 6.17 Å². The molecular weight excluding hydrogens is 220 g/mol. The van der Waals surface area contributed by atoms with Crippen molar-refractivity contribution in [3.8, 4) is 0 Å².